The predicted molar refractivity (Wildman–Crippen MR) is 79.3 cm³/mol. The molecule has 0 aliphatic rings. The highest BCUT2D eigenvalue weighted by atomic mass is 16.6. The molecular weight excluding hydrogens is 290 g/mol. The number of carbonyl (C=O) groups is 2. The van der Waals surface area contributed by atoms with Crippen LogP contribution in [0, 0.1) is 0 Å². The molecule has 2 aromatic rings. The van der Waals surface area contributed by atoms with E-state index in [-0.39, 0.29) is 5.58 Å². The highest BCUT2D eigenvalue weighted by molar-refractivity contribution is 5.93. The molecule has 0 bridgehead atoms. The summed E-state index contributed by atoms with van der Waals surface area (Å²) in [4.78, 5) is 34.1. The molecule has 2 N–H and O–H groups in total. The molecule has 1 aromatic carbocycles. The third kappa shape index (κ3) is 3.63. The van der Waals surface area contributed by atoms with Gasteiger partial charge in [0, 0.05) is 17.1 Å². The SMILES string of the molecule is CC(C)(C)OC(=O)Nc1ccc2cc(C(=O)O)c(=O)oc2c1. The van der Waals surface area contributed by atoms with Crippen LogP contribution in [0.4, 0.5) is 10.5 Å². The van der Waals surface area contributed by atoms with E-state index >= 15 is 0 Å². The van der Waals surface area contributed by atoms with Crippen LogP contribution in [0.3, 0.4) is 0 Å². The summed E-state index contributed by atoms with van der Waals surface area (Å²) in [7, 11) is 0. The largest absolute Gasteiger partial charge is 0.477 e. The van der Waals surface area contributed by atoms with E-state index in [2.05, 4.69) is 5.32 Å². The standard InChI is InChI=1S/C15H15NO6/c1-15(2,3)22-14(20)16-9-5-4-8-6-10(12(17)18)13(19)21-11(8)7-9/h4-7H,1-3H3,(H,16,20)(H,17,18). The van der Waals surface area contributed by atoms with Gasteiger partial charge in [0.1, 0.15) is 16.7 Å². The van der Waals surface area contributed by atoms with Crippen LogP contribution in [0.25, 0.3) is 11.0 Å². The van der Waals surface area contributed by atoms with E-state index in [1.54, 1.807) is 26.8 Å². The van der Waals surface area contributed by atoms with Gasteiger partial charge in [-0.2, -0.15) is 0 Å². The Morgan fingerprint density at radius 2 is 1.91 bits per heavy atom. The van der Waals surface area contributed by atoms with E-state index in [0.29, 0.717) is 11.1 Å². The van der Waals surface area contributed by atoms with Gasteiger partial charge in [-0.3, -0.25) is 5.32 Å². The van der Waals surface area contributed by atoms with Crippen molar-refractivity contribution in [3.8, 4) is 0 Å². The van der Waals surface area contributed by atoms with Gasteiger partial charge in [0.25, 0.3) is 0 Å². The summed E-state index contributed by atoms with van der Waals surface area (Å²) in [5.74, 6) is -1.35. The topological polar surface area (TPSA) is 106 Å². The normalized spacial score (nSPS) is 11.2. The van der Waals surface area contributed by atoms with Gasteiger partial charge in [0.15, 0.2) is 0 Å². The number of hydrogen-bond acceptors (Lipinski definition) is 5. The summed E-state index contributed by atoms with van der Waals surface area (Å²) in [5.41, 5.74) is -1.49. The van der Waals surface area contributed by atoms with E-state index < -0.39 is 28.9 Å². The van der Waals surface area contributed by atoms with Crippen LogP contribution in [0.5, 0.6) is 0 Å². The maximum atomic E-state index is 11.7. The van der Waals surface area contributed by atoms with Crippen LogP contribution in [-0.4, -0.2) is 22.8 Å². The summed E-state index contributed by atoms with van der Waals surface area (Å²) < 4.78 is 10.1. The summed E-state index contributed by atoms with van der Waals surface area (Å²) in [6.07, 6.45) is -0.642. The Bertz CT molecular complexity index is 800. The maximum Gasteiger partial charge on any atom is 0.412 e. The zero-order valence-electron chi connectivity index (χ0n) is 12.3. The van der Waals surface area contributed by atoms with E-state index in [1.807, 2.05) is 0 Å². The fourth-order valence-electron chi connectivity index (χ4n) is 1.76. The molecule has 0 spiro atoms. The highest BCUT2D eigenvalue weighted by Gasteiger charge is 2.17. The fraction of sp³-hybridized carbons (Fsp3) is 0.267. The minimum Gasteiger partial charge on any atom is -0.477 e. The monoisotopic (exact) mass is 305 g/mol. The van der Waals surface area contributed by atoms with Crippen LogP contribution in [0.15, 0.2) is 33.5 Å². The van der Waals surface area contributed by atoms with Crippen LogP contribution < -0.4 is 10.9 Å². The lowest BCUT2D eigenvalue weighted by Gasteiger charge is -2.19. The molecular formula is C15H15NO6. The van der Waals surface area contributed by atoms with Crippen molar-refractivity contribution in [1.29, 1.82) is 0 Å². The van der Waals surface area contributed by atoms with Crippen molar-refractivity contribution in [1.82, 2.24) is 0 Å². The molecule has 0 saturated carbocycles. The molecule has 0 saturated heterocycles. The molecule has 7 heteroatoms. The van der Waals surface area contributed by atoms with E-state index in [4.69, 9.17) is 14.3 Å². The summed E-state index contributed by atoms with van der Waals surface area (Å²) >= 11 is 0. The molecule has 7 nitrogen and oxygen atoms in total. The number of fused-ring (bicyclic) bond motifs is 1. The van der Waals surface area contributed by atoms with E-state index in [1.165, 1.54) is 18.2 Å². The molecule has 116 valence electrons. The number of anilines is 1. The molecule has 0 aliphatic heterocycles. The predicted octanol–water partition coefficient (Wildman–Crippen LogP) is 2.84. The zero-order chi connectivity index (χ0) is 16.5. The lowest BCUT2D eigenvalue weighted by atomic mass is 10.1. The Hall–Kier alpha value is -2.83. The first kappa shape index (κ1) is 15.6. The summed E-state index contributed by atoms with van der Waals surface area (Å²) in [6, 6.07) is 5.74. The Morgan fingerprint density at radius 3 is 2.50 bits per heavy atom. The average Bonchev–Trinajstić information content (AvgIpc) is 2.34. The molecule has 0 fully saturated rings. The first-order valence-electron chi connectivity index (χ1n) is 6.47. The smallest absolute Gasteiger partial charge is 0.412 e. The second-order valence-electron chi connectivity index (χ2n) is 5.63. The van der Waals surface area contributed by atoms with E-state index in [9.17, 15) is 14.4 Å². The van der Waals surface area contributed by atoms with Crippen LogP contribution in [-0.2, 0) is 4.74 Å². The molecule has 0 atom stereocenters. The third-order valence-corrected chi connectivity index (χ3v) is 2.61. The number of benzene rings is 1. The molecule has 0 aliphatic carbocycles. The maximum absolute atomic E-state index is 11.7. The molecule has 0 radical (unpaired) electrons. The van der Waals surface area contributed by atoms with Gasteiger partial charge in [-0.15, -0.1) is 0 Å². The Kier molecular flexibility index (Phi) is 3.90. The number of hydrogen-bond donors (Lipinski definition) is 2. The van der Waals surface area contributed by atoms with Gasteiger partial charge in [-0.1, -0.05) is 0 Å². The minimum absolute atomic E-state index is 0.170. The van der Waals surface area contributed by atoms with Crippen molar-refractivity contribution in [2.24, 2.45) is 0 Å². The van der Waals surface area contributed by atoms with Crippen molar-refractivity contribution in [2.45, 2.75) is 26.4 Å². The fourth-order valence-corrected chi connectivity index (χ4v) is 1.76. The summed E-state index contributed by atoms with van der Waals surface area (Å²) in [5, 5.41) is 11.8. The number of carboxylic acid groups (broad SMARTS) is 1. The Balaban J connectivity index is 2.31. The van der Waals surface area contributed by atoms with Crippen molar-refractivity contribution >= 4 is 28.7 Å². The molecule has 22 heavy (non-hydrogen) atoms. The second-order valence-corrected chi connectivity index (χ2v) is 5.63. The molecule has 0 unspecified atom stereocenters. The minimum atomic E-state index is -1.35. The second kappa shape index (κ2) is 5.51. The zero-order valence-corrected chi connectivity index (χ0v) is 12.3. The van der Waals surface area contributed by atoms with Gasteiger partial charge in [-0.05, 0) is 39.0 Å². The van der Waals surface area contributed by atoms with Gasteiger partial charge < -0.3 is 14.3 Å². The van der Waals surface area contributed by atoms with Crippen LogP contribution in [0.2, 0.25) is 0 Å². The van der Waals surface area contributed by atoms with Gasteiger partial charge in [-0.25, -0.2) is 14.4 Å². The number of nitrogens with one attached hydrogen (secondary N) is 1. The van der Waals surface area contributed by atoms with Crippen LogP contribution in [0.1, 0.15) is 31.1 Å². The number of ether oxygens (including phenoxy) is 1. The quantitative estimate of drug-likeness (QED) is 0.826. The number of carboxylic acids is 1. The van der Waals surface area contributed by atoms with Crippen molar-refractivity contribution in [3.05, 3.63) is 40.2 Å². The van der Waals surface area contributed by atoms with Crippen molar-refractivity contribution in [2.75, 3.05) is 5.32 Å². The van der Waals surface area contributed by atoms with Gasteiger partial charge >= 0.3 is 17.7 Å². The average molecular weight is 305 g/mol. The highest BCUT2D eigenvalue weighted by Crippen LogP contribution is 2.19. The van der Waals surface area contributed by atoms with Gasteiger partial charge in [0.2, 0.25) is 0 Å². The number of carbonyl (C=O) groups excluding carboxylic acids is 1. The van der Waals surface area contributed by atoms with Crippen LogP contribution >= 0.6 is 0 Å². The first-order chi connectivity index (χ1) is 10.2. The first-order valence-corrected chi connectivity index (χ1v) is 6.47. The Morgan fingerprint density at radius 1 is 1.23 bits per heavy atom. The van der Waals surface area contributed by atoms with E-state index in [0.717, 1.165) is 0 Å². The summed E-state index contributed by atoms with van der Waals surface area (Å²) in [6.45, 7) is 5.21. The van der Waals surface area contributed by atoms with Crippen molar-refractivity contribution in [3.63, 3.8) is 0 Å². The van der Waals surface area contributed by atoms with Crippen molar-refractivity contribution < 1.29 is 23.8 Å². The number of rotatable bonds is 2. The number of amides is 1. The van der Waals surface area contributed by atoms with Gasteiger partial charge in [0.05, 0.1) is 0 Å². The third-order valence-electron chi connectivity index (χ3n) is 2.61. The molecule has 1 aromatic heterocycles. The molecule has 1 heterocycles. The molecule has 1 amide bonds. The molecule has 2 rings (SSSR count). The lowest BCUT2D eigenvalue weighted by molar-refractivity contribution is 0.0634. The lowest BCUT2D eigenvalue weighted by Crippen LogP contribution is -2.27. The number of aromatic carboxylic acids is 1. The Labute approximate surface area is 125 Å².